The molecule has 4 heteroatoms. The first kappa shape index (κ1) is 20.3. The number of hydrogen-bond donors (Lipinski definition) is 2. The van der Waals surface area contributed by atoms with E-state index in [0.717, 1.165) is 24.3 Å². The summed E-state index contributed by atoms with van der Waals surface area (Å²) in [5.74, 6) is 1.85. The molecule has 0 radical (unpaired) electrons. The molecule has 4 nitrogen and oxygen atoms in total. The van der Waals surface area contributed by atoms with Crippen LogP contribution < -0.4 is 11.5 Å². The minimum absolute atomic E-state index is 0.00184. The number of hydrogen-bond acceptors (Lipinski definition) is 4. The number of fused-ring (bicyclic) bond motifs is 1. The van der Waals surface area contributed by atoms with Crippen molar-refractivity contribution < 1.29 is 0 Å². The van der Waals surface area contributed by atoms with Gasteiger partial charge in [0.25, 0.3) is 0 Å². The molecule has 2 aromatic carbocycles. The smallest absolute Gasteiger partial charge is 0.0464 e. The summed E-state index contributed by atoms with van der Waals surface area (Å²) in [7, 11) is 4.72. The van der Waals surface area contributed by atoms with Crippen LogP contribution in [0.25, 0.3) is 0 Å². The standard InChI is InChI=1S/C29H38N4/c1-28(24-14-23(31)10-17-5-4-6-18(26(17)24)15-32(28)2)21-9-19-11-22(30)12-20-16-33(3)29(7-8-29)25(13-21)27(19)20/h10-12,14,18,21,25H,4-9,13,15-16,30-31H2,1-3H3/t18-,21?,25?,28?/m0/s1. The second-order valence-electron chi connectivity index (χ2n) is 12.2. The third kappa shape index (κ3) is 2.60. The Bertz CT molecular complexity index is 1160. The number of benzene rings is 2. The zero-order valence-corrected chi connectivity index (χ0v) is 20.5. The van der Waals surface area contributed by atoms with E-state index in [2.05, 4.69) is 55.1 Å². The van der Waals surface area contributed by atoms with E-state index in [1.165, 1.54) is 67.3 Å². The van der Waals surface area contributed by atoms with E-state index < -0.39 is 0 Å². The molecular weight excluding hydrogens is 404 g/mol. The summed E-state index contributed by atoms with van der Waals surface area (Å²) >= 11 is 0. The molecule has 4 atom stereocenters. The average molecular weight is 443 g/mol. The van der Waals surface area contributed by atoms with E-state index >= 15 is 0 Å². The molecule has 33 heavy (non-hydrogen) atoms. The average Bonchev–Trinajstić information content (AvgIpc) is 3.57. The van der Waals surface area contributed by atoms with Crippen molar-refractivity contribution in [3.8, 4) is 0 Å². The lowest BCUT2D eigenvalue weighted by molar-refractivity contribution is 0.0218. The van der Waals surface area contributed by atoms with Gasteiger partial charge in [-0.3, -0.25) is 9.80 Å². The Morgan fingerprint density at radius 3 is 2.42 bits per heavy atom. The van der Waals surface area contributed by atoms with Gasteiger partial charge in [0.15, 0.2) is 0 Å². The highest BCUT2D eigenvalue weighted by atomic mass is 15.2. The van der Waals surface area contributed by atoms with E-state index in [0.29, 0.717) is 23.3 Å². The maximum Gasteiger partial charge on any atom is 0.0464 e. The Balaban J connectivity index is 1.40. The maximum absolute atomic E-state index is 6.53. The summed E-state index contributed by atoms with van der Waals surface area (Å²) in [5, 5.41) is 0. The summed E-state index contributed by atoms with van der Waals surface area (Å²) in [6.45, 7) is 4.75. The van der Waals surface area contributed by atoms with Gasteiger partial charge in [-0.25, -0.2) is 0 Å². The molecule has 4 N–H and O–H groups in total. The number of nitrogens with two attached hydrogens (primary N) is 2. The van der Waals surface area contributed by atoms with E-state index in [9.17, 15) is 0 Å². The Hall–Kier alpha value is -2.04. The third-order valence-electron chi connectivity index (χ3n) is 10.6. The summed E-state index contributed by atoms with van der Waals surface area (Å²) in [6.07, 6.45) is 8.86. The Morgan fingerprint density at radius 2 is 1.64 bits per heavy atom. The van der Waals surface area contributed by atoms with Crippen molar-refractivity contribution in [1.82, 2.24) is 9.80 Å². The molecule has 3 unspecified atom stereocenters. The lowest BCUT2D eigenvalue weighted by Gasteiger charge is -2.56. The summed E-state index contributed by atoms with van der Waals surface area (Å²) in [4.78, 5) is 5.35. The van der Waals surface area contributed by atoms with Crippen LogP contribution >= 0.6 is 0 Å². The largest absolute Gasteiger partial charge is 0.399 e. The predicted octanol–water partition coefficient (Wildman–Crippen LogP) is 4.76. The lowest BCUT2D eigenvalue weighted by Crippen LogP contribution is -2.56. The van der Waals surface area contributed by atoms with E-state index in [1.54, 1.807) is 11.1 Å². The summed E-state index contributed by atoms with van der Waals surface area (Å²) < 4.78 is 0. The topological polar surface area (TPSA) is 58.5 Å². The van der Waals surface area contributed by atoms with Gasteiger partial charge in [0, 0.05) is 41.5 Å². The van der Waals surface area contributed by atoms with E-state index in [1.807, 2.05) is 0 Å². The summed E-state index contributed by atoms with van der Waals surface area (Å²) in [6, 6.07) is 9.18. The van der Waals surface area contributed by atoms with Crippen LogP contribution in [0.5, 0.6) is 0 Å². The number of anilines is 2. The van der Waals surface area contributed by atoms with Crippen molar-refractivity contribution in [2.45, 2.75) is 81.3 Å². The molecule has 0 saturated heterocycles. The van der Waals surface area contributed by atoms with Crippen LogP contribution in [-0.4, -0.2) is 36.0 Å². The second kappa shape index (κ2) is 6.55. The molecule has 0 bridgehead atoms. The van der Waals surface area contributed by atoms with Gasteiger partial charge in [-0.15, -0.1) is 0 Å². The fourth-order valence-corrected chi connectivity index (χ4v) is 8.73. The highest BCUT2D eigenvalue weighted by Gasteiger charge is 2.59. The minimum Gasteiger partial charge on any atom is -0.399 e. The highest BCUT2D eigenvalue weighted by molar-refractivity contribution is 5.58. The molecule has 0 amide bonds. The van der Waals surface area contributed by atoms with Crippen molar-refractivity contribution in [2.24, 2.45) is 5.92 Å². The fourth-order valence-electron chi connectivity index (χ4n) is 8.73. The Kier molecular flexibility index (Phi) is 4.03. The number of nitrogens with zero attached hydrogens (tertiary/aromatic N) is 2. The molecule has 0 aromatic heterocycles. The molecule has 1 fully saturated rings. The molecule has 3 aliphatic carbocycles. The SMILES string of the molecule is CN1Cc2cc(N)cc3c2C(CC(C2(C)c4cc(N)cc5c4[C@@H](CCC5)CN2C)C3)C12CC2. The van der Waals surface area contributed by atoms with Crippen LogP contribution in [0.3, 0.4) is 0 Å². The van der Waals surface area contributed by atoms with E-state index in [-0.39, 0.29) is 5.54 Å². The van der Waals surface area contributed by atoms with Crippen molar-refractivity contribution in [2.75, 3.05) is 32.1 Å². The molecule has 7 rings (SSSR count). The highest BCUT2D eigenvalue weighted by Crippen LogP contribution is 2.62. The monoisotopic (exact) mass is 442 g/mol. The van der Waals surface area contributed by atoms with Gasteiger partial charge in [-0.1, -0.05) is 0 Å². The van der Waals surface area contributed by atoms with Crippen molar-refractivity contribution in [3.05, 3.63) is 57.6 Å². The molecule has 2 aliphatic heterocycles. The first-order valence-corrected chi connectivity index (χ1v) is 13.1. The third-order valence-corrected chi connectivity index (χ3v) is 10.6. The quantitative estimate of drug-likeness (QED) is 0.626. The maximum atomic E-state index is 6.53. The summed E-state index contributed by atoms with van der Waals surface area (Å²) in [5.41, 5.74) is 24.6. The minimum atomic E-state index is 0.00184. The number of likely N-dealkylation sites (N-methyl/N-ethyl adjacent to an activating group) is 2. The van der Waals surface area contributed by atoms with Gasteiger partial charge < -0.3 is 11.5 Å². The predicted molar refractivity (Wildman–Crippen MR) is 135 cm³/mol. The van der Waals surface area contributed by atoms with Gasteiger partial charge >= 0.3 is 0 Å². The van der Waals surface area contributed by atoms with Gasteiger partial charge in [0.05, 0.1) is 0 Å². The van der Waals surface area contributed by atoms with Crippen molar-refractivity contribution >= 4 is 11.4 Å². The van der Waals surface area contributed by atoms with Crippen LogP contribution in [0.4, 0.5) is 11.4 Å². The van der Waals surface area contributed by atoms with Crippen LogP contribution in [-0.2, 0) is 24.9 Å². The van der Waals surface area contributed by atoms with Crippen LogP contribution in [0.1, 0.15) is 84.2 Å². The van der Waals surface area contributed by atoms with Crippen LogP contribution in [0.2, 0.25) is 0 Å². The molecule has 1 saturated carbocycles. The van der Waals surface area contributed by atoms with Crippen LogP contribution in [0, 0.1) is 5.92 Å². The number of rotatable bonds is 1. The molecule has 174 valence electrons. The van der Waals surface area contributed by atoms with E-state index in [4.69, 9.17) is 11.5 Å². The van der Waals surface area contributed by atoms with Crippen molar-refractivity contribution in [3.63, 3.8) is 0 Å². The number of nitrogen functional groups attached to an aromatic ring is 2. The van der Waals surface area contributed by atoms with Crippen molar-refractivity contribution in [1.29, 1.82) is 0 Å². The zero-order valence-electron chi connectivity index (χ0n) is 20.5. The lowest BCUT2D eigenvalue weighted by atomic mass is 9.59. The van der Waals surface area contributed by atoms with Crippen LogP contribution in [0.15, 0.2) is 24.3 Å². The molecule has 1 spiro atoms. The Labute approximate surface area is 198 Å². The zero-order chi connectivity index (χ0) is 22.7. The van der Waals surface area contributed by atoms with Gasteiger partial charge in [-0.2, -0.15) is 0 Å². The first-order chi connectivity index (χ1) is 15.8. The number of aryl methyl sites for hydroxylation is 1. The molecule has 2 heterocycles. The van der Waals surface area contributed by atoms with Gasteiger partial charge in [0.2, 0.25) is 0 Å². The fraction of sp³-hybridized carbons (Fsp3) is 0.586. The Morgan fingerprint density at radius 1 is 0.909 bits per heavy atom. The second-order valence-corrected chi connectivity index (χ2v) is 12.2. The molecule has 5 aliphatic rings. The molecular formula is C29H38N4. The normalized spacial score (nSPS) is 34.1. The van der Waals surface area contributed by atoms with Gasteiger partial charge in [-0.05, 0) is 135 Å². The first-order valence-electron chi connectivity index (χ1n) is 13.1. The van der Waals surface area contributed by atoms with Gasteiger partial charge in [0.1, 0.15) is 0 Å². The molecule has 2 aromatic rings.